The number of anilines is 1. The van der Waals surface area contributed by atoms with Gasteiger partial charge in [-0.15, -0.1) is 0 Å². The maximum atomic E-state index is 11.6. The Morgan fingerprint density at radius 3 is 2.75 bits per heavy atom. The fourth-order valence-electron chi connectivity index (χ4n) is 2.36. The topological polar surface area (TPSA) is 77.2 Å². The number of nitrogens with two attached hydrogens (primary N) is 1. The van der Waals surface area contributed by atoms with Gasteiger partial charge in [-0.1, -0.05) is 42.5 Å². The number of ether oxygens (including phenoxy) is 1. The molecule has 0 saturated heterocycles. The first-order valence-corrected chi connectivity index (χ1v) is 7.91. The van der Waals surface area contributed by atoms with Crippen LogP contribution in [-0.2, 0) is 11.3 Å². The van der Waals surface area contributed by atoms with E-state index in [1.54, 1.807) is 0 Å². The quantitative estimate of drug-likeness (QED) is 0.795. The van der Waals surface area contributed by atoms with Crippen LogP contribution in [0.15, 0.2) is 42.5 Å². The number of hydrogen-bond acceptors (Lipinski definition) is 4. The second kappa shape index (κ2) is 8.72. The summed E-state index contributed by atoms with van der Waals surface area (Å²) in [5, 5.41) is 2.73. The number of amides is 1. The largest absolute Gasteiger partial charge is 0.445 e. The predicted molar refractivity (Wildman–Crippen MR) is 96.4 cm³/mol. The molecule has 0 bridgehead atoms. The molecule has 2 rings (SSSR count). The Kier molecular flexibility index (Phi) is 6.37. The Morgan fingerprint density at radius 1 is 1.29 bits per heavy atom. The van der Waals surface area contributed by atoms with Crippen molar-refractivity contribution in [2.45, 2.75) is 26.9 Å². The van der Waals surface area contributed by atoms with E-state index < -0.39 is 6.09 Å². The SMILES string of the molecule is Cc1cc(N)nc(C)c1C=CCCNC(=O)OCc1ccccc1. The summed E-state index contributed by atoms with van der Waals surface area (Å²) < 4.78 is 5.15. The normalized spacial score (nSPS) is 10.8. The molecule has 0 saturated carbocycles. The molecule has 0 aliphatic rings. The van der Waals surface area contributed by atoms with Crippen molar-refractivity contribution in [3.05, 3.63) is 64.9 Å². The van der Waals surface area contributed by atoms with Crippen molar-refractivity contribution in [1.82, 2.24) is 10.3 Å². The first-order valence-electron chi connectivity index (χ1n) is 7.91. The van der Waals surface area contributed by atoms with Gasteiger partial charge in [0.05, 0.1) is 0 Å². The van der Waals surface area contributed by atoms with Gasteiger partial charge in [-0.2, -0.15) is 0 Å². The van der Waals surface area contributed by atoms with E-state index in [2.05, 4.69) is 10.3 Å². The first kappa shape index (κ1) is 17.5. The Morgan fingerprint density at radius 2 is 2.04 bits per heavy atom. The van der Waals surface area contributed by atoms with E-state index in [0.717, 1.165) is 22.4 Å². The highest BCUT2D eigenvalue weighted by atomic mass is 16.5. The number of nitrogen functional groups attached to an aromatic ring is 1. The third-order valence-electron chi connectivity index (χ3n) is 3.55. The van der Waals surface area contributed by atoms with Crippen molar-refractivity contribution in [2.24, 2.45) is 0 Å². The summed E-state index contributed by atoms with van der Waals surface area (Å²) in [5.41, 5.74) is 9.74. The van der Waals surface area contributed by atoms with Gasteiger partial charge in [0.25, 0.3) is 0 Å². The maximum absolute atomic E-state index is 11.6. The summed E-state index contributed by atoms with van der Waals surface area (Å²) in [6.45, 7) is 4.73. The van der Waals surface area contributed by atoms with E-state index in [1.165, 1.54) is 0 Å². The van der Waals surface area contributed by atoms with Crippen LogP contribution >= 0.6 is 0 Å². The first-order chi connectivity index (χ1) is 11.6. The van der Waals surface area contributed by atoms with Crippen LogP contribution in [0, 0.1) is 13.8 Å². The number of pyridine rings is 1. The predicted octanol–water partition coefficient (Wildman–Crippen LogP) is 3.61. The Balaban J connectivity index is 1.72. The minimum Gasteiger partial charge on any atom is -0.445 e. The molecular formula is C19H23N3O2. The molecule has 24 heavy (non-hydrogen) atoms. The molecule has 1 amide bonds. The van der Waals surface area contributed by atoms with Crippen molar-refractivity contribution in [1.29, 1.82) is 0 Å². The number of aromatic nitrogens is 1. The highest BCUT2D eigenvalue weighted by molar-refractivity contribution is 5.67. The van der Waals surface area contributed by atoms with Crippen molar-refractivity contribution >= 4 is 18.0 Å². The maximum Gasteiger partial charge on any atom is 0.407 e. The summed E-state index contributed by atoms with van der Waals surface area (Å²) in [6.07, 6.45) is 4.32. The third-order valence-corrected chi connectivity index (χ3v) is 3.55. The summed E-state index contributed by atoms with van der Waals surface area (Å²) in [7, 11) is 0. The molecular weight excluding hydrogens is 302 g/mol. The van der Waals surface area contributed by atoms with Gasteiger partial charge in [0.2, 0.25) is 0 Å². The number of nitrogens with one attached hydrogen (secondary N) is 1. The lowest BCUT2D eigenvalue weighted by molar-refractivity contribution is 0.140. The Bertz CT molecular complexity index is 689. The monoisotopic (exact) mass is 325 g/mol. The smallest absolute Gasteiger partial charge is 0.407 e. The number of rotatable bonds is 6. The zero-order valence-electron chi connectivity index (χ0n) is 14.1. The van der Waals surface area contributed by atoms with E-state index in [1.807, 2.05) is 62.4 Å². The molecule has 5 nitrogen and oxygen atoms in total. The Labute approximate surface area is 142 Å². The summed E-state index contributed by atoms with van der Waals surface area (Å²) in [5.74, 6) is 0.532. The third kappa shape index (κ3) is 5.43. The molecule has 0 atom stereocenters. The average Bonchev–Trinajstić information content (AvgIpc) is 2.55. The standard InChI is InChI=1S/C19H23N3O2/c1-14-12-18(20)22-15(2)17(14)10-6-7-11-21-19(23)24-13-16-8-4-3-5-9-16/h3-6,8-10,12H,7,11,13H2,1-2H3,(H2,20,22)(H,21,23). The van der Waals surface area contributed by atoms with Crippen LogP contribution in [0.1, 0.15) is 28.8 Å². The van der Waals surface area contributed by atoms with E-state index in [4.69, 9.17) is 10.5 Å². The van der Waals surface area contributed by atoms with Crippen molar-refractivity contribution in [3.63, 3.8) is 0 Å². The highest BCUT2D eigenvalue weighted by Gasteiger charge is 2.03. The number of aryl methyl sites for hydroxylation is 2. The lowest BCUT2D eigenvalue weighted by Crippen LogP contribution is -2.24. The number of hydrogen-bond donors (Lipinski definition) is 2. The van der Waals surface area contributed by atoms with E-state index >= 15 is 0 Å². The van der Waals surface area contributed by atoms with Crippen LogP contribution in [0.25, 0.3) is 6.08 Å². The fraction of sp³-hybridized carbons (Fsp3) is 0.263. The van der Waals surface area contributed by atoms with Gasteiger partial charge in [-0.3, -0.25) is 0 Å². The number of carbonyl (C=O) groups excluding carboxylic acids is 1. The molecule has 1 aromatic carbocycles. The molecule has 0 spiro atoms. The van der Waals surface area contributed by atoms with Crippen LogP contribution in [0.4, 0.5) is 10.6 Å². The molecule has 0 aliphatic carbocycles. The fourth-order valence-corrected chi connectivity index (χ4v) is 2.36. The second-order valence-electron chi connectivity index (χ2n) is 5.54. The molecule has 126 valence electrons. The zero-order valence-corrected chi connectivity index (χ0v) is 14.1. The van der Waals surface area contributed by atoms with Crippen LogP contribution in [0.5, 0.6) is 0 Å². The molecule has 0 radical (unpaired) electrons. The highest BCUT2D eigenvalue weighted by Crippen LogP contribution is 2.16. The van der Waals surface area contributed by atoms with Gasteiger partial charge in [0, 0.05) is 12.2 Å². The number of alkyl carbamates (subject to hydrolysis) is 1. The van der Waals surface area contributed by atoms with E-state index in [0.29, 0.717) is 18.8 Å². The van der Waals surface area contributed by atoms with Crippen molar-refractivity contribution in [2.75, 3.05) is 12.3 Å². The minimum absolute atomic E-state index is 0.276. The van der Waals surface area contributed by atoms with Gasteiger partial charge in [0.1, 0.15) is 12.4 Å². The second-order valence-corrected chi connectivity index (χ2v) is 5.54. The van der Waals surface area contributed by atoms with Crippen LogP contribution in [0.2, 0.25) is 0 Å². The molecule has 2 aromatic rings. The van der Waals surface area contributed by atoms with Crippen LogP contribution in [0.3, 0.4) is 0 Å². The van der Waals surface area contributed by atoms with Crippen molar-refractivity contribution in [3.8, 4) is 0 Å². The lowest BCUT2D eigenvalue weighted by Gasteiger charge is -2.07. The van der Waals surface area contributed by atoms with Crippen molar-refractivity contribution < 1.29 is 9.53 Å². The van der Waals surface area contributed by atoms with Gasteiger partial charge in [0.15, 0.2) is 0 Å². The zero-order chi connectivity index (χ0) is 17.4. The minimum atomic E-state index is -0.409. The van der Waals surface area contributed by atoms with Gasteiger partial charge < -0.3 is 15.8 Å². The van der Waals surface area contributed by atoms with E-state index in [-0.39, 0.29) is 6.61 Å². The molecule has 1 heterocycles. The van der Waals surface area contributed by atoms with Crippen LogP contribution < -0.4 is 11.1 Å². The molecule has 5 heteroatoms. The summed E-state index contributed by atoms with van der Waals surface area (Å²) in [6, 6.07) is 11.4. The number of benzene rings is 1. The lowest BCUT2D eigenvalue weighted by atomic mass is 10.1. The van der Waals surface area contributed by atoms with Crippen LogP contribution in [-0.4, -0.2) is 17.6 Å². The van der Waals surface area contributed by atoms with E-state index in [9.17, 15) is 4.79 Å². The molecule has 1 aromatic heterocycles. The molecule has 0 fully saturated rings. The summed E-state index contributed by atoms with van der Waals surface area (Å²) in [4.78, 5) is 15.9. The summed E-state index contributed by atoms with van der Waals surface area (Å²) >= 11 is 0. The van der Waals surface area contributed by atoms with Gasteiger partial charge in [-0.05, 0) is 43.0 Å². The number of carbonyl (C=O) groups is 1. The van der Waals surface area contributed by atoms with Gasteiger partial charge in [-0.25, -0.2) is 9.78 Å². The molecule has 0 unspecified atom stereocenters. The Hall–Kier alpha value is -2.82. The van der Waals surface area contributed by atoms with Gasteiger partial charge >= 0.3 is 6.09 Å². The molecule has 3 N–H and O–H groups in total. The average molecular weight is 325 g/mol. The molecule has 0 aliphatic heterocycles. The number of nitrogens with zero attached hydrogens (tertiary/aromatic N) is 1.